The van der Waals surface area contributed by atoms with Crippen LogP contribution in [0, 0.1) is 11.3 Å². The molecule has 0 aromatic heterocycles. The first-order valence-electron chi connectivity index (χ1n) is 7.25. The Bertz CT molecular complexity index is 194. The Hall–Kier alpha value is -0.0400. The van der Waals surface area contributed by atoms with Gasteiger partial charge in [-0.1, -0.05) is 41.0 Å². The molecule has 1 unspecified atom stereocenters. The summed E-state index contributed by atoms with van der Waals surface area (Å²) < 4.78 is 0. The lowest BCUT2D eigenvalue weighted by molar-refractivity contribution is 0.123. The summed E-state index contributed by atoms with van der Waals surface area (Å²) in [5, 5.41) is 3.77. The van der Waals surface area contributed by atoms with E-state index in [0.29, 0.717) is 5.41 Å². The minimum Gasteiger partial charge on any atom is -0.311 e. The third-order valence-corrected chi connectivity index (χ3v) is 4.10. The lowest BCUT2D eigenvalue weighted by Gasteiger charge is -2.41. The molecule has 2 aliphatic rings. The standard InChI is InChI=1S/C12H23N.C3H8/c1-9-4-5-11(8-12(9,2)3)13-10-6-7-10;1-3-2/h9-11,13H,4-8H2,1-3H3;3H2,1-2H3/t9?,11-;/m0./s1. The molecule has 0 aromatic carbocycles. The molecule has 2 fully saturated rings. The molecule has 0 aromatic rings. The van der Waals surface area contributed by atoms with Gasteiger partial charge in [-0.25, -0.2) is 0 Å². The maximum absolute atomic E-state index is 3.77. The first-order chi connectivity index (χ1) is 7.49. The van der Waals surface area contributed by atoms with Crippen molar-refractivity contribution >= 4 is 0 Å². The van der Waals surface area contributed by atoms with Gasteiger partial charge in [0.15, 0.2) is 0 Å². The van der Waals surface area contributed by atoms with Crippen molar-refractivity contribution in [3.05, 3.63) is 0 Å². The van der Waals surface area contributed by atoms with Crippen LogP contribution in [-0.4, -0.2) is 12.1 Å². The lowest BCUT2D eigenvalue weighted by atomic mass is 9.68. The lowest BCUT2D eigenvalue weighted by Crippen LogP contribution is -2.41. The molecule has 2 saturated carbocycles. The molecule has 2 rings (SSSR count). The van der Waals surface area contributed by atoms with Gasteiger partial charge in [0.05, 0.1) is 0 Å². The van der Waals surface area contributed by atoms with Crippen LogP contribution in [-0.2, 0) is 0 Å². The average Bonchev–Trinajstić information content (AvgIpc) is 2.96. The van der Waals surface area contributed by atoms with Gasteiger partial charge in [-0.2, -0.15) is 0 Å². The van der Waals surface area contributed by atoms with E-state index in [1.54, 1.807) is 0 Å². The second kappa shape index (κ2) is 6.05. The normalized spacial score (nSPS) is 32.8. The van der Waals surface area contributed by atoms with Crippen molar-refractivity contribution in [1.29, 1.82) is 0 Å². The fourth-order valence-electron chi connectivity index (χ4n) is 2.51. The van der Waals surface area contributed by atoms with Crippen molar-refractivity contribution in [2.75, 3.05) is 0 Å². The zero-order chi connectivity index (χ0) is 12.2. The highest BCUT2D eigenvalue weighted by atomic mass is 15.0. The van der Waals surface area contributed by atoms with Crippen LogP contribution in [0.25, 0.3) is 0 Å². The third kappa shape index (κ3) is 4.45. The molecule has 2 atom stereocenters. The fraction of sp³-hybridized carbons (Fsp3) is 1.00. The van der Waals surface area contributed by atoms with Crippen molar-refractivity contribution in [3.8, 4) is 0 Å². The van der Waals surface area contributed by atoms with Crippen LogP contribution in [0.2, 0.25) is 0 Å². The summed E-state index contributed by atoms with van der Waals surface area (Å²) in [7, 11) is 0. The molecule has 1 N–H and O–H groups in total. The molecule has 0 aliphatic heterocycles. The van der Waals surface area contributed by atoms with Crippen LogP contribution < -0.4 is 5.32 Å². The van der Waals surface area contributed by atoms with E-state index in [-0.39, 0.29) is 0 Å². The largest absolute Gasteiger partial charge is 0.311 e. The van der Waals surface area contributed by atoms with Gasteiger partial charge in [0.2, 0.25) is 0 Å². The van der Waals surface area contributed by atoms with Gasteiger partial charge < -0.3 is 5.32 Å². The van der Waals surface area contributed by atoms with Crippen LogP contribution in [0.3, 0.4) is 0 Å². The van der Waals surface area contributed by atoms with E-state index < -0.39 is 0 Å². The Labute approximate surface area is 102 Å². The van der Waals surface area contributed by atoms with Gasteiger partial charge >= 0.3 is 0 Å². The van der Waals surface area contributed by atoms with E-state index in [0.717, 1.165) is 18.0 Å². The summed E-state index contributed by atoms with van der Waals surface area (Å²) in [4.78, 5) is 0. The molecule has 0 saturated heterocycles. The quantitative estimate of drug-likeness (QED) is 0.736. The minimum atomic E-state index is 0.560. The van der Waals surface area contributed by atoms with Gasteiger partial charge in [0.25, 0.3) is 0 Å². The van der Waals surface area contributed by atoms with E-state index in [2.05, 4.69) is 39.9 Å². The summed E-state index contributed by atoms with van der Waals surface area (Å²) in [6, 6.07) is 1.70. The molecule has 16 heavy (non-hydrogen) atoms. The van der Waals surface area contributed by atoms with Crippen LogP contribution in [0.15, 0.2) is 0 Å². The molecule has 2 aliphatic carbocycles. The minimum absolute atomic E-state index is 0.560. The Morgan fingerprint density at radius 1 is 1.00 bits per heavy atom. The monoisotopic (exact) mass is 225 g/mol. The maximum Gasteiger partial charge on any atom is 0.00749 e. The molecule has 1 nitrogen and oxygen atoms in total. The molecule has 96 valence electrons. The zero-order valence-corrected chi connectivity index (χ0v) is 12.0. The van der Waals surface area contributed by atoms with Crippen LogP contribution in [0.5, 0.6) is 0 Å². The summed E-state index contributed by atoms with van der Waals surface area (Å²) in [6.07, 6.45) is 8.29. The van der Waals surface area contributed by atoms with E-state index in [1.165, 1.54) is 38.5 Å². The van der Waals surface area contributed by atoms with Gasteiger partial charge in [-0.05, 0) is 43.4 Å². The first kappa shape index (κ1) is 14.0. The molecule has 0 spiro atoms. The molecule has 0 amide bonds. The Kier molecular flexibility index (Phi) is 5.30. The van der Waals surface area contributed by atoms with Crippen molar-refractivity contribution in [1.82, 2.24) is 5.32 Å². The third-order valence-electron chi connectivity index (χ3n) is 4.10. The molecule has 1 heteroatoms. The highest BCUT2D eigenvalue weighted by Gasteiger charge is 2.35. The Morgan fingerprint density at radius 3 is 1.94 bits per heavy atom. The number of rotatable bonds is 2. The molecule has 0 bridgehead atoms. The van der Waals surface area contributed by atoms with Crippen LogP contribution in [0.4, 0.5) is 0 Å². The van der Waals surface area contributed by atoms with Gasteiger partial charge in [-0.15, -0.1) is 0 Å². The smallest absolute Gasteiger partial charge is 0.00749 e. The average molecular weight is 225 g/mol. The Balaban J connectivity index is 0.000000386. The van der Waals surface area contributed by atoms with E-state index in [9.17, 15) is 0 Å². The topological polar surface area (TPSA) is 12.0 Å². The van der Waals surface area contributed by atoms with Crippen molar-refractivity contribution in [2.24, 2.45) is 11.3 Å². The number of nitrogens with one attached hydrogen (secondary N) is 1. The van der Waals surface area contributed by atoms with Crippen LogP contribution in [0.1, 0.15) is 73.1 Å². The van der Waals surface area contributed by atoms with E-state index >= 15 is 0 Å². The fourth-order valence-corrected chi connectivity index (χ4v) is 2.51. The van der Waals surface area contributed by atoms with E-state index in [4.69, 9.17) is 0 Å². The summed E-state index contributed by atoms with van der Waals surface area (Å²) in [6.45, 7) is 11.5. The van der Waals surface area contributed by atoms with Gasteiger partial charge in [0.1, 0.15) is 0 Å². The highest BCUT2D eigenvalue weighted by molar-refractivity contribution is 4.92. The zero-order valence-electron chi connectivity index (χ0n) is 12.0. The number of hydrogen-bond acceptors (Lipinski definition) is 1. The molecule has 0 heterocycles. The summed E-state index contributed by atoms with van der Waals surface area (Å²) >= 11 is 0. The highest BCUT2D eigenvalue weighted by Crippen LogP contribution is 2.40. The van der Waals surface area contributed by atoms with Crippen molar-refractivity contribution in [2.45, 2.75) is 85.2 Å². The van der Waals surface area contributed by atoms with Crippen LogP contribution >= 0.6 is 0 Å². The van der Waals surface area contributed by atoms with Crippen molar-refractivity contribution < 1.29 is 0 Å². The molecular weight excluding hydrogens is 194 g/mol. The van der Waals surface area contributed by atoms with Gasteiger partial charge in [0, 0.05) is 12.1 Å². The Morgan fingerprint density at radius 2 is 1.50 bits per heavy atom. The van der Waals surface area contributed by atoms with Gasteiger partial charge in [-0.3, -0.25) is 0 Å². The molecular formula is C15H31N. The summed E-state index contributed by atoms with van der Waals surface area (Å²) in [5.41, 5.74) is 0.560. The predicted molar refractivity (Wildman–Crippen MR) is 72.7 cm³/mol. The second-order valence-electron chi connectivity index (χ2n) is 6.52. The van der Waals surface area contributed by atoms with E-state index in [1.807, 2.05) is 0 Å². The maximum atomic E-state index is 3.77. The predicted octanol–water partition coefficient (Wildman–Crippen LogP) is 4.37. The first-order valence-corrected chi connectivity index (χ1v) is 7.25. The van der Waals surface area contributed by atoms with Crippen molar-refractivity contribution in [3.63, 3.8) is 0 Å². The summed E-state index contributed by atoms with van der Waals surface area (Å²) in [5.74, 6) is 0.907. The molecule has 0 radical (unpaired) electrons. The SMILES string of the molecule is CC1CC[C@H](NC2CC2)CC1(C)C.CCC. The number of hydrogen-bond donors (Lipinski definition) is 1. The second-order valence-corrected chi connectivity index (χ2v) is 6.52.